The fourth-order valence-corrected chi connectivity index (χ4v) is 3.03. The van der Waals surface area contributed by atoms with Crippen molar-refractivity contribution in [3.05, 3.63) is 22.3 Å². The number of carbonyl (C=O) groups is 2. The topological polar surface area (TPSA) is 72.6 Å². The second-order valence-electron chi connectivity index (χ2n) is 5.37. The molecule has 0 aromatic heterocycles. The van der Waals surface area contributed by atoms with Crippen LogP contribution in [0.25, 0.3) is 0 Å². The van der Waals surface area contributed by atoms with Crippen molar-refractivity contribution in [2.45, 2.75) is 40.5 Å². The van der Waals surface area contributed by atoms with E-state index in [2.05, 4.69) is 0 Å². The highest BCUT2D eigenvalue weighted by Crippen LogP contribution is 2.40. The van der Waals surface area contributed by atoms with Gasteiger partial charge >= 0.3 is 5.97 Å². The Morgan fingerprint density at radius 1 is 1.29 bits per heavy atom. The average molecular weight is 290 g/mol. The number of esters is 1. The van der Waals surface area contributed by atoms with Gasteiger partial charge in [-0.1, -0.05) is 0 Å². The summed E-state index contributed by atoms with van der Waals surface area (Å²) in [6.45, 7) is 8.25. The zero-order valence-electron chi connectivity index (χ0n) is 13.1. The molecule has 5 heteroatoms. The number of nitrogen functional groups attached to an aromatic ring is 1. The van der Waals surface area contributed by atoms with Crippen molar-refractivity contribution in [2.24, 2.45) is 0 Å². The molecule has 2 rings (SSSR count). The molecule has 114 valence electrons. The Morgan fingerprint density at radius 2 is 1.95 bits per heavy atom. The van der Waals surface area contributed by atoms with Crippen LogP contribution < -0.4 is 10.6 Å². The fourth-order valence-electron chi connectivity index (χ4n) is 3.03. The smallest absolute Gasteiger partial charge is 0.310 e. The predicted molar refractivity (Wildman–Crippen MR) is 82.4 cm³/mol. The highest BCUT2D eigenvalue weighted by Gasteiger charge is 2.29. The van der Waals surface area contributed by atoms with Gasteiger partial charge in [-0.2, -0.15) is 0 Å². The average Bonchev–Trinajstić information content (AvgIpc) is 2.86. The number of hydrogen-bond acceptors (Lipinski definition) is 4. The highest BCUT2D eigenvalue weighted by atomic mass is 16.5. The Bertz CT molecular complexity index is 608. The Labute approximate surface area is 125 Å². The molecule has 0 atom stereocenters. The fraction of sp³-hybridized carbons (Fsp3) is 0.500. The van der Waals surface area contributed by atoms with Gasteiger partial charge in [-0.05, 0) is 49.4 Å². The third-order valence-electron chi connectivity index (χ3n) is 4.16. The number of rotatable bonds is 3. The summed E-state index contributed by atoms with van der Waals surface area (Å²) in [6, 6.07) is 0. The molecule has 1 aliphatic heterocycles. The summed E-state index contributed by atoms with van der Waals surface area (Å²) in [5.74, 6) is -0.248. The van der Waals surface area contributed by atoms with Gasteiger partial charge in [0.15, 0.2) is 0 Å². The Hall–Kier alpha value is -2.04. The van der Waals surface area contributed by atoms with Crippen molar-refractivity contribution in [1.29, 1.82) is 0 Å². The zero-order chi connectivity index (χ0) is 15.7. The van der Waals surface area contributed by atoms with E-state index in [9.17, 15) is 9.59 Å². The van der Waals surface area contributed by atoms with Gasteiger partial charge in [0, 0.05) is 13.5 Å². The zero-order valence-corrected chi connectivity index (χ0v) is 13.1. The van der Waals surface area contributed by atoms with Crippen LogP contribution in [0.5, 0.6) is 0 Å². The summed E-state index contributed by atoms with van der Waals surface area (Å²) in [4.78, 5) is 25.2. The first-order valence-corrected chi connectivity index (χ1v) is 7.22. The van der Waals surface area contributed by atoms with Crippen LogP contribution in [0, 0.1) is 13.8 Å². The molecule has 5 nitrogen and oxygen atoms in total. The number of nitrogens with two attached hydrogens (primary N) is 1. The van der Waals surface area contributed by atoms with Gasteiger partial charge in [0.2, 0.25) is 5.91 Å². The molecular weight excluding hydrogens is 268 g/mol. The molecule has 0 saturated carbocycles. The van der Waals surface area contributed by atoms with Gasteiger partial charge in [0.25, 0.3) is 0 Å². The molecule has 21 heavy (non-hydrogen) atoms. The predicted octanol–water partition coefficient (Wildman–Crippen LogP) is 1.90. The molecular formula is C16H22N2O3. The lowest BCUT2D eigenvalue weighted by Crippen LogP contribution is -2.26. The summed E-state index contributed by atoms with van der Waals surface area (Å²) < 4.78 is 5.03. The van der Waals surface area contributed by atoms with E-state index in [1.807, 2.05) is 13.8 Å². The molecule has 0 saturated heterocycles. The molecule has 0 aliphatic carbocycles. The van der Waals surface area contributed by atoms with E-state index in [4.69, 9.17) is 10.5 Å². The van der Waals surface area contributed by atoms with Crippen molar-refractivity contribution in [1.82, 2.24) is 0 Å². The number of fused-ring (bicyclic) bond motifs is 1. The minimum Gasteiger partial charge on any atom is -0.466 e. The molecule has 1 amide bonds. The molecule has 0 radical (unpaired) electrons. The van der Waals surface area contributed by atoms with Crippen molar-refractivity contribution in [2.75, 3.05) is 23.8 Å². The van der Waals surface area contributed by atoms with Gasteiger partial charge in [-0.3, -0.25) is 9.59 Å². The maximum Gasteiger partial charge on any atom is 0.310 e. The minimum absolute atomic E-state index is 0.00241. The molecule has 0 spiro atoms. The van der Waals surface area contributed by atoms with Gasteiger partial charge in [0.1, 0.15) is 0 Å². The summed E-state index contributed by atoms with van der Waals surface area (Å²) in [5.41, 5.74) is 11.6. The van der Waals surface area contributed by atoms with Crippen molar-refractivity contribution < 1.29 is 14.3 Å². The van der Waals surface area contributed by atoms with Crippen LogP contribution in [0.3, 0.4) is 0 Å². The van der Waals surface area contributed by atoms with Crippen molar-refractivity contribution >= 4 is 23.3 Å². The Morgan fingerprint density at radius 3 is 2.52 bits per heavy atom. The summed E-state index contributed by atoms with van der Waals surface area (Å²) >= 11 is 0. The lowest BCUT2D eigenvalue weighted by molar-refractivity contribution is -0.142. The molecule has 0 bridgehead atoms. The van der Waals surface area contributed by atoms with Gasteiger partial charge in [-0.15, -0.1) is 0 Å². The lowest BCUT2D eigenvalue weighted by Gasteiger charge is -2.21. The summed E-state index contributed by atoms with van der Waals surface area (Å²) in [7, 11) is 0. The second-order valence-corrected chi connectivity index (χ2v) is 5.37. The highest BCUT2D eigenvalue weighted by molar-refractivity contribution is 5.99. The van der Waals surface area contributed by atoms with Crippen LogP contribution in [0.15, 0.2) is 0 Å². The van der Waals surface area contributed by atoms with Gasteiger partial charge in [-0.25, -0.2) is 0 Å². The van der Waals surface area contributed by atoms with Crippen LogP contribution in [-0.4, -0.2) is 25.0 Å². The third-order valence-corrected chi connectivity index (χ3v) is 4.16. The quantitative estimate of drug-likeness (QED) is 0.681. The first kappa shape index (κ1) is 15.4. The lowest BCUT2D eigenvalue weighted by atomic mass is 9.92. The number of amides is 1. The Balaban J connectivity index is 2.50. The largest absolute Gasteiger partial charge is 0.466 e. The number of anilines is 2. The summed E-state index contributed by atoms with van der Waals surface area (Å²) in [5, 5.41) is 0. The van der Waals surface area contributed by atoms with E-state index >= 15 is 0 Å². The van der Waals surface area contributed by atoms with E-state index in [-0.39, 0.29) is 18.3 Å². The number of hydrogen-bond donors (Lipinski definition) is 1. The number of nitrogens with zero attached hydrogens (tertiary/aromatic N) is 1. The molecule has 0 fully saturated rings. The molecule has 2 N–H and O–H groups in total. The van der Waals surface area contributed by atoms with Crippen LogP contribution in [0.4, 0.5) is 11.4 Å². The van der Waals surface area contributed by atoms with Crippen LogP contribution >= 0.6 is 0 Å². The second kappa shape index (κ2) is 5.76. The molecule has 1 aliphatic rings. The first-order valence-electron chi connectivity index (χ1n) is 7.22. The molecule has 1 aromatic rings. The molecule has 1 heterocycles. The number of carbonyl (C=O) groups excluding carboxylic acids is 2. The normalized spacial score (nSPS) is 13.2. The maximum atomic E-state index is 11.8. The van der Waals surface area contributed by atoms with E-state index in [0.717, 1.165) is 34.4 Å². The molecule has 0 unspecified atom stereocenters. The van der Waals surface area contributed by atoms with Crippen LogP contribution in [0.2, 0.25) is 0 Å². The maximum absolute atomic E-state index is 11.8. The molecule has 1 aromatic carbocycles. The summed E-state index contributed by atoms with van der Waals surface area (Å²) in [6.07, 6.45) is 1.00. The van der Waals surface area contributed by atoms with E-state index in [0.29, 0.717) is 18.8 Å². The first-order chi connectivity index (χ1) is 9.88. The standard InChI is InChI=1S/C16H22N2O3/c1-5-21-14(20)8-13-9(2)12-6-7-18(11(4)19)16(12)15(17)10(13)3/h5-8,17H2,1-4H3. The van der Waals surface area contributed by atoms with Gasteiger partial charge < -0.3 is 15.4 Å². The van der Waals surface area contributed by atoms with Crippen molar-refractivity contribution in [3.63, 3.8) is 0 Å². The van der Waals surface area contributed by atoms with Gasteiger partial charge in [0.05, 0.1) is 24.4 Å². The van der Waals surface area contributed by atoms with Crippen LogP contribution in [-0.2, 0) is 27.2 Å². The SMILES string of the molecule is CCOC(=O)Cc1c(C)c(N)c2c(c1C)CCN2C(C)=O. The number of ether oxygens (including phenoxy) is 1. The Kier molecular flexibility index (Phi) is 4.21. The van der Waals surface area contributed by atoms with Crippen molar-refractivity contribution in [3.8, 4) is 0 Å². The van der Waals surface area contributed by atoms with Crippen LogP contribution in [0.1, 0.15) is 36.1 Å². The van der Waals surface area contributed by atoms with E-state index in [1.54, 1.807) is 18.7 Å². The third kappa shape index (κ3) is 2.60. The monoisotopic (exact) mass is 290 g/mol. The number of benzene rings is 1. The minimum atomic E-state index is -0.246. The van der Waals surface area contributed by atoms with E-state index in [1.165, 1.54) is 0 Å². The van der Waals surface area contributed by atoms with E-state index < -0.39 is 0 Å².